The van der Waals surface area contributed by atoms with Crippen molar-refractivity contribution in [2.75, 3.05) is 5.01 Å². The van der Waals surface area contributed by atoms with Crippen molar-refractivity contribution in [3.63, 3.8) is 0 Å². The van der Waals surface area contributed by atoms with Crippen molar-refractivity contribution in [2.24, 2.45) is 5.10 Å². The average molecular weight is 394 g/mol. The number of Topliss-reactive ketones (excluding diaryl/α,β-unsaturated/α-hetero) is 1. The van der Waals surface area contributed by atoms with Gasteiger partial charge in [-0.1, -0.05) is 17.4 Å². The number of ketones is 1. The van der Waals surface area contributed by atoms with Crippen molar-refractivity contribution in [2.45, 2.75) is 26.3 Å². The maximum atomic E-state index is 11.8. The van der Waals surface area contributed by atoms with Crippen LogP contribution in [0.15, 0.2) is 45.4 Å². The van der Waals surface area contributed by atoms with E-state index >= 15 is 0 Å². The van der Waals surface area contributed by atoms with Gasteiger partial charge in [-0.25, -0.2) is 9.99 Å². The first-order chi connectivity index (χ1) is 11.6. The Labute approximate surface area is 159 Å². The van der Waals surface area contributed by atoms with E-state index in [9.17, 15) is 4.79 Å². The SMILES string of the molecule is CC(=O)c1sc(N2N=C(c3cccs3)CC2c2ccco2)nc1C.Cl. The number of rotatable bonds is 4. The van der Waals surface area contributed by atoms with Gasteiger partial charge in [-0.2, -0.15) is 5.10 Å². The Morgan fingerprint density at radius 2 is 2.20 bits per heavy atom. The van der Waals surface area contributed by atoms with Gasteiger partial charge in [0.25, 0.3) is 0 Å². The molecule has 5 nitrogen and oxygen atoms in total. The van der Waals surface area contributed by atoms with Gasteiger partial charge in [-0.3, -0.25) is 4.79 Å². The summed E-state index contributed by atoms with van der Waals surface area (Å²) < 4.78 is 5.62. The normalized spacial score (nSPS) is 16.6. The van der Waals surface area contributed by atoms with E-state index in [0.717, 1.165) is 33.6 Å². The van der Waals surface area contributed by atoms with Crippen molar-refractivity contribution < 1.29 is 9.21 Å². The molecule has 1 unspecified atom stereocenters. The van der Waals surface area contributed by atoms with Crippen molar-refractivity contribution in [3.8, 4) is 0 Å². The summed E-state index contributed by atoms with van der Waals surface area (Å²) in [5.74, 6) is 0.884. The van der Waals surface area contributed by atoms with Crippen molar-refractivity contribution in [1.82, 2.24) is 4.98 Å². The number of thiophene rings is 1. The fraction of sp³-hybridized carbons (Fsp3) is 0.235. The summed E-state index contributed by atoms with van der Waals surface area (Å²) in [5, 5.41) is 9.45. The van der Waals surface area contributed by atoms with E-state index in [4.69, 9.17) is 9.52 Å². The summed E-state index contributed by atoms with van der Waals surface area (Å²) >= 11 is 3.06. The fourth-order valence-electron chi connectivity index (χ4n) is 2.79. The van der Waals surface area contributed by atoms with Crippen LogP contribution in [0.4, 0.5) is 5.13 Å². The van der Waals surface area contributed by atoms with E-state index in [-0.39, 0.29) is 24.2 Å². The van der Waals surface area contributed by atoms with Gasteiger partial charge in [0.05, 0.1) is 27.4 Å². The first-order valence-electron chi connectivity index (χ1n) is 7.56. The molecule has 0 radical (unpaired) electrons. The van der Waals surface area contributed by atoms with Gasteiger partial charge in [-0.05, 0) is 30.5 Å². The second kappa shape index (κ2) is 7.11. The molecule has 0 amide bonds. The Morgan fingerprint density at radius 3 is 2.80 bits per heavy atom. The van der Waals surface area contributed by atoms with Crippen LogP contribution in [0.5, 0.6) is 0 Å². The van der Waals surface area contributed by atoms with Crippen LogP contribution in [0.3, 0.4) is 0 Å². The Kier molecular flexibility index (Phi) is 5.08. The number of furan rings is 1. The second-order valence-corrected chi connectivity index (χ2v) is 7.50. The van der Waals surface area contributed by atoms with Crippen molar-refractivity contribution in [3.05, 3.63) is 57.1 Å². The molecular formula is C17H16ClN3O2S2. The molecule has 0 saturated carbocycles. The third kappa shape index (κ3) is 3.27. The van der Waals surface area contributed by atoms with Crippen LogP contribution < -0.4 is 5.01 Å². The third-order valence-corrected chi connectivity index (χ3v) is 6.06. The molecular weight excluding hydrogens is 378 g/mol. The first-order valence-corrected chi connectivity index (χ1v) is 9.25. The van der Waals surface area contributed by atoms with E-state index < -0.39 is 0 Å². The van der Waals surface area contributed by atoms with E-state index in [2.05, 4.69) is 11.1 Å². The number of thiazole rings is 1. The maximum Gasteiger partial charge on any atom is 0.207 e. The molecule has 0 aliphatic carbocycles. The van der Waals surface area contributed by atoms with Gasteiger partial charge in [-0.15, -0.1) is 23.7 Å². The minimum Gasteiger partial charge on any atom is -0.467 e. The molecule has 25 heavy (non-hydrogen) atoms. The number of aryl methyl sites for hydroxylation is 1. The Hall–Kier alpha value is -1.96. The largest absolute Gasteiger partial charge is 0.467 e. The number of carbonyl (C=O) groups excluding carboxylic acids is 1. The standard InChI is InChI=1S/C17H15N3O2S2.ClH/c1-10-16(11(2)21)24-17(18-10)20-13(14-5-3-7-22-14)9-12(19-20)15-6-4-8-23-15;/h3-8,13H,9H2,1-2H3;1H. The molecule has 4 heterocycles. The average Bonchev–Trinajstić information content (AvgIpc) is 3.32. The zero-order valence-electron chi connectivity index (χ0n) is 13.6. The van der Waals surface area contributed by atoms with Crippen molar-refractivity contribution >= 4 is 51.7 Å². The lowest BCUT2D eigenvalue weighted by molar-refractivity contribution is 0.102. The topological polar surface area (TPSA) is 58.7 Å². The molecule has 0 aromatic carbocycles. The molecule has 0 N–H and O–H groups in total. The van der Waals surface area contributed by atoms with Crippen molar-refractivity contribution in [1.29, 1.82) is 0 Å². The van der Waals surface area contributed by atoms with Crippen LogP contribution in [0.2, 0.25) is 0 Å². The van der Waals surface area contributed by atoms with E-state index in [1.807, 2.05) is 35.5 Å². The lowest BCUT2D eigenvalue weighted by atomic mass is 10.1. The quantitative estimate of drug-likeness (QED) is 0.579. The summed E-state index contributed by atoms with van der Waals surface area (Å²) in [6, 6.07) is 7.89. The third-order valence-electron chi connectivity index (χ3n) is 3.89. The highest BCUT2D eigenvalue weighted by Gasteiger charge is 2.34. The smallest absolute Gasteiger partial charge is 0.207 e. The van der Waals surface area contributed by atoms with Crippen LogP contribution in [-0.4, -0.2) is 16.5 Å². The molecule has 1 atom stereocenters. The minimum absolute atomic E-state index is 0. The summed E-state index contributed by atoms with van der Waals surface area (Å²) in [5.41, 5.74) is 1.77. The summed E-state index contributed by atoms with van der Waals surface area (Å²) in [7, 11) is 0. The van der Waals surface area contributed by atoms with Gasteiger partial charge in [0.2, 0.25) is 5.13 Å². The highest BCUT2D eigenvalue weighted by molar-refractivity contribution is 7.17. The van der Waals surface area contributed by atoms with Crippen LogP contribution >= 0.6 is 35.1 Å². The summed E-state index contributed by atoms with van der Waals surface area (Å²) in [4.78, 5) is 18.2. The van der Waals surface area contributed by atoms with Gasteiger partial charge in [0, 0.05) is 13.3 Å². The lowest BCUT2D eigenvalue weighted by Gasteiger charge is -2.18. The lowest BCUT2D eigenvalue weighted by Crippen LogP contribution is -2.17. The van der Waals surface area contributed by atoms with Crippen LogP contribution in [0, 0.1) is 6.92 Å². The molecule has 1 aliphatic heterocycles. The monoisotopic (exact) mass is 393 g/mol. The second-order valence-electron chi connectivity index (χ2n) is 5.57. The number of carbonyl (C=O) groups is 1. The highest BCUT2D eigenvalue weighted by atomic mass is 35.5. The van der Waals surface area contributed by atoms with Gasteiger partial charge in [0.1, 0.15) is 11.8 Å². The summed E-state index contributed by atoms with van der Waals surface area (Å²) in [6.45, 7) is 3.43. The van der Waals surface area contributed by atoms with Gasteiger partial charge >= 0.3 is 0 Å². The van der Waals surface area contributed by atoms with E-state index in [0.29, 0.717) is 4.88 Å². The van der Waals surface area contributed by atoms with E-state index in [1.54, 1.807) is 24.5 Å². The number of nitrogens with zero attached hydrogens (tertiary/aromatic N) is 3. The van der Waals surface area contributed by atoms with Gasteiger partial charge in [0.15, 0.2) is 5.78 Å². The van der Waals surface area contributed by atoms with Crippen LogP contribution in [0.25, 0.3) is 0 Å². The Bertz CT molecular complexity index is 901. The molecule has 0 bridgehead atoms. The van der Waals surface area contributed by atoms with Crippen LogP contribution in [0.1, 0.15) is 45.4 Å². The molecule has 3 aromatic rings. The van der Waals surface area contributed by atoms with E-state index in [1.165, 1.54) is 11.3 Å². The molecule has 0 fully saturated rings. The predicted molar refractivity (Wildman–Crippen MR) is 104 cm³/mol. The first kappa shape index (κ1) is 17.8. The van der Waals surface area contributed by atoms with Gasteiger partial charge < -0.3 is 4.42 Å². The number of anilines is 1. The molecule has 1 aliphatic rings. The zero-order valence-corrected chi connectivity index (χ0v) is 16.1. The molecule has 3 aromatic heterocycles. The molecule has 4 rings (SSSR count). The van der Waals surface area contributed by atoms with Crippen LogP contribution in [-0.2, 0) is 0 Å². The zero-order chi connectivity index (χ0) is 16.7. The number of halogens is 1. The fourth-order valence-corrected chi connectivity index (χ4v) is 4.47. The number of aromatic nitrogens is 1. The summed E-state index contributed by atoms with van der Waals surface area (Å²) in [6.07, 6.45) is 2.42. The predicted octanol–water partition coefficient (Wildman–Crippen LogP) is 5.09. The number of hydrogen-bond acceptors (Lipinski definition) is 7. The Balaban J connectivity index is 0.00000182. The molecule has 8 heteroatoms. The maximum absolute atomic E-state index is 11.8. The number of hydrogen-bond donors (Lipinski definition) is 0. The number of hydrazone groups is 1. The highest BCUT2D eigenvalue weighted by Crippen LogP contribution is 2.40. The minimum atomic E-state index is -0.0394. The Morgan fingerprint density at radius 1 is 1.36 bits per heavy atom. The molecule has 0 saturated heterocycles. The molecule has 130 valence electrons. The molecule has 0 spiro atoms.